The van der Waals surface area contributed by atoms with E-state index >= 15 is 0 Å². The Balaban J connectivity index is 2.80. The Labute approximate surface area is 150 Å². The quantitative estimate of drug-likeness (QED) is 0.556. The summed E-state index contributed by atoms with van der Waals surface area (Å²) in [6.45, 7) is 8.60. The van der Waals surface area contributed by atoms with Crippen LogP contribution in [0.2, 0.25) is 0 Å². The number of nitrogens with zero attached hydrogens (tertiary/aromatic N) is 2. The molecule has 136 valence electrons. The third-order valence-corrected chi connectivity index (χ3v) is 5.07. The van der Waals surface area contributed by atoms with Crippen LogP contribution in [0.25, 0.3) is 0 Å². The molecular weight excluding hydrogens is 323 g/mol. The average molecular weight is 355 g/mol. The fourth-order valence-corrected chi connectivity index (χ4v) is 2.38. The summed E-state index contributed by atoms with van der Waals surface area (Å²) in [5.41, 5.74) is 0.952. The Hall–Kier alpha value is -1.27. The van der Waals surface area contributed by atoms with Gasteiger partial charge in [-0.05, 0) is 58.8 Å². The molecule has 24 heavy (non-hydrogen) atoms. The lowest BCUT2D eigenvalue weighted by Crippen LogP contribution is -2.42. The molecule has 0 bridgehead atoms. The highest BCUT2D eigenvalue weighted by Gasteiger charge is 2.17. The lowest BCUT2D eigenvalue weighted by atomic mass is 10.1. The zero-order valence-electron chi connectivity index (χ0n) is 15.7. The van der Waals surface area contributed by atoms with E-state index in [1.807, 2.05) is 27.1 Å². The molecule has 0 heterocycles. The lowest BCUT2D eigenvalue weighted by molar-refractivity contribution is 0.297. The number of guanidine groups is 1. The molecule has 0 aromatic heterocycles. The highest BCUT2D eigenvalue weighted by Crippen LogP contribution is 2.21. The van der Waals surface area contributed by atoms with Crippen LogP contribution in [0.3, 0.4) is 0 Å². The van der Waals surface area contributed by atoms with Crippen LogP contribution in [-0.2, 0) is 0 Å². The molecule has 1 aromatic carbocycles. The van der Waals surface area contributed by atoms with E-state index in [-0.39, 0.29) is 16.6 Å². The normalized spacial score (nSPS) is 13.9. The van der Waals surface area contributed by atoms with Gasteiger partial charge in [0.25, 0.3) is 0 Å². The summed E-state index contributed by atoms with van der Waals surface area (Å²) in [4.78, 5) is 6.76. The topological polar surface area (TPSA) is 39.7 Å². The Morgan fingerprint density at radius 1 is 1.33 bits per heavy atom. The number of halogens is 1. The molecule has 0 aliphatic heterocycles. The summed E-state index contributed by atoms with van der Waals surface area (Å²) < 4.78 is 13.6. The molecule has 0 saturated heterocycles. The van der Waals surface area contributed by atoms with Gasteiger partial charge in [-0.3, -0.25) is 4.99 Å². The van der Waals surface area contributed by atoms with Crippen molar-refractivity contribution in [2.75, 3.05) is 40.0 Å². The van der Waals surface area contributed by atoms with Gasteiger partial charge in [0.2, 0.25) is 0 Å². The first-order valence-electron chi connectivity index (χ1n) is 8.28. The fraction of sp³-hybridized carbons (Fsp3) is 0.611. The van der Waals surface area contributed by atoms with Gasteiger partial charge in [-0.15, -0.1) is 0 Å². The highest BCUT2D eigenvalue weighted by molar-refractivity contribution is 7.99. The molecule has 4 nitrogen and oxygen atoms in total. The van der Waals surface area contributed by atoms with Gasteiger partial charge in [0.15, 0.2) is 5.96 Å². The Kier molecular flexibility index (Phi) is 8.56. The third kappa shape index (κ3) is 7.09. The van der Waals surface area contributed by atoms with Crippen molar-refractivity contribution in [3.63, 3.8) is 0 Å². The smallest absolute Gasteiger partial charge is 0.191 e. The predicted octanol–water partition coefficient (Wildman–Crippen LogP) is 3.13. The van der Waals surface area contributed by atoms with Crippen LogP contribution < -0.4 is 10.6 Å². The average Bonchev–Trinajstić information content (AvgIpc) is 2.52. The maximum absolute atomic E-state index is 13.5. The van der Waals surface area contributed by atoms with Crippen LogP contribution in [0, 0.1) is 5.82 Å². The van der Waals surface area contributed by atoms with E-state index in [2.05, 4.69) is 40.6 Å². The van der Waals surface area contributed by atoms with E-state index in [9.17, 15) is 4.39 Å². The maximum atomic E-state index is 13.5. The summed E-state index contributed by atoms with van der Waals surface area (Å²) in [5, 5.41) is 6.66. The Bertz CT molecular complexity index is 532. The van der Waals surface area contributed by atoms with Crippen LogP contribution in [0.4, 0.5) is 4.39 Å². The third-order valence-electron chi connectivity index (χ3n) is 3.83. The van der Waals surface area contributed by atoms with Crippen LogP contribution in [0.15, 0.2) is 29.3 Å². The van der Waals surface area contributed by atoms with Crippen LogP contribution in [0.5, 0.6) is 0 Å². The number of likely N-dealkylation sites (N-methyl/N-ethyl adjacent to an activating group) is 1. The molecule has 2 N–H and O–H groups in total. The summed E-state index contributed by atoms with van der Waals surface area (Å²) in [7, 11) is 4.00. The second-order valence-corrected chi connectivity index (χ2v) is 8.09. The van der Waals surface area contributed by atoms with E-state index in [0.717, 1.165) is 24.6 Å². The lowest BCUT2D eigenvalue weighted by Gasteiger charge is -2.26. The molecule has 1 unspecified atom stereocenters. The largest absolute Gasteiger partial charge is 0.357 e. The van der Waals surface area contributed by atoms with Crippen molar-refractivity contribution in [1.29, 1.82) is 0 Å². The monoisotopic (exact) mass is 354 g/mol. The molecule has 0 spiro atoms. The number of thioether (sulfide) groups is 1. The summed E-state index contributed by atoms with van der Waals surface area (Å²) in [5.74, 6) is 0.588. The number of hydrogen-bond donors (Lipinski definition) is 2. The highest BCUT2D eigenvalue weighted by atomic mass is 32.2. The van der Waals surface area contributed by atoms with Crippen molar-refractivity contribution in [1.82, 2.24) is 15.5 Å². The van der Waals surface area contributed by atoms with Gasteiger partial charge in [0, 0.05) is 17.8 Å². The van der Waals surface area contributed by atoms with Gasteiger partial charge in [0.05, 0.1) is 12.6 Å². The number of hydrogen-bond acceptors (Lipinski definition) is 3. The van der Waals surface area contributed by atoms with Crippen LogP contribution >= 0.6 is 11.8 Å². The number of benzene rings is 1. The van der Waals surface area contributed by atoms with Crippen molar-refractivity contribution in [2.45, 2.75) is 31.6 Å². The number of aliphatic imine (C=N–C) groups is 1. The molecule has 1 aromatic rings. The molecule has 0 amide bonds. The molecule has 1 atom stereocenters. The minimum absolute atomic E-state index is 0.0677. The van der Waals surface area contributed by atoms with Gasteiger partial charge in [-0.2, -0.15) is 11.8 Å². The van der Waals surface area contributed by atoms with Crippen molar-refractivity contribution < 1.29 is 4.39 Å². The van der Waals surface area contributed by atoms with E-state index in [4.69, 9.17) is 0 Å². The maximum Gasteiger partial charge on any atom is 0.191 e. The molecule has 6 heteroatoms. The Morgan fingerprint density at radius 3 is 2.58 bits per heavy atom. The summed E-state index contributed by atoms with van der Waals surface area (Å²) >= 11 is 1.80. The minimum atomic E-state index is -0.207. The molecule has 0 fully saturated rings. The van der Waals surface area contributed by atoms with Crippen LogP contribution in [-0.4, -0.2) is 55.6 Å². The van der Waals surface area contributed by atoms with Gasteiger partial charge < -0.3 is 15.5 Å². The number of nitrogens with one attached hydrogen (secondary N) is 2. The van der Waals surface area contributed by atoms with Crippen LogP contribution in [0.1, 0.15) is 32.4 Å². The van der Waals surface area contributed by atoms with E-state index in [1.165, 1.54) is 6.07 Å². The van der Waals surface area contributed by atoms with Gasteiger partial charge >= 0.3 is 0 Å². The van der Waals surface area contributed by atoms with E-state index < -0.39 is 0 Å². The molecule has 0 radical (unpaired) electrons. The molecule has 0 aliphatic carbocycles. The molecule has 1 rings (SSSR count). The summed E-state index contributed by atoms with van der Waals surface area (Å²) in [6, 6.07) is 6.84. The number of rotatable bonds is 8. The minimum Gasteiger partial charge on any atom is -0.357 e. The second kappa shape index (κ2) is 9.89. The Morgan fingerprint density at radius 2 is 2.04 bits per heavy atom. The molecule has 0 aliphatic rings. The summed E-state index contributed by atoms with van der Waals surface area (Å²) in [6.07, 6.45) is 2.10. The first-order valence-corrected chi connectivity index (χ1v) is 9.50. The first kappa shape index (κ1) is 20.8. The zero-order valence-corrected chi connectivity index (χ0v) is 16.5. The van der Waals surface area contributed by atoms with Gasteiger partial charge in [-0.1, -0.05) is 12.1 Å². The second-order valence-electron chi connectivity index (χ2n) is 6.57. The standard InChI is InChI=1S/C18H31FN4S/c1-7-20-17(22-13-18(2,3)24-6)21-12-16(23(4)5)14-9-8-10-15(19)11-14/h8-11,16H,7,12-13H2,1-6H3,(H2,20,21,22). The SMILES string of the molecule is CCNC(=NCC(C)(C)SC)NCC(c1cccc(F)c1)N(C)C. The fourth-order valence-electron chi connectivity index (χ4n) is 2.18. The first-order chi connectivity index (χ1) is 11.3. The molecule has 0 saturated carbocycles. The van der Waals surface area contributed by atoms with Gasteiger partial charge in [0.1, 0.15) is 5.82 Å². The zero-order chi connectivity index (χ0) is 18.2. The van der Waals surface area contributed by atoms with Crippen molar-refractivity contribution in [2.24, 2.45) is 4.99 Å². The van der Waals surface area contributed by atoms with Crippen molar-refractivity contribution >= 4 is 17.7 Å². The van der Waals surface area contributed by atoms with E-state index in [0.29, 0.717) is 6.54 Å². The van der Waals surface area contributed by atoms with Crippen molar-refractivity contribution in [3.8, 4) is 0 Å². The van der Waals surface area contributed by atoms with E-state index in [1.54, 1.807) is 23.9 Å². The van der Waals surface area contributed by atoms with Crippen molar-refractivity contribution in [3.05, 3.63) is 35.6 Å². The predicted molar refractivity (Wildman–Crippen MR) is 104 cm³/mol. The molecular formula is C18H31FN4S. The van der Waals surface area contributed by atoms with Gasteiger partial charge in [-0.25, -0.2) is 4.39 Å².